The summed E-state index contributed by atoms with van der Waals surface area (Å²) in [6.07, 6.45) is -2.10. The molecule has 0 bridgehead atoms. The molecule has 1 aliphatic rings. The zero-order valence-corrected chi connectivity index (χ0v) is 20.4. The Morgan fingerprint density at radius 1 is 1.06 bits per heavy atom. The van der Waals surface area contributed by atoms with Crippen molar-refractivity contribution < 1.29 is 27.8 Å². The Morgan fingerprint density at radius 2 is 1.64 bits per heavy atom. The molecule has 33 heavy (non-hydrogen) atoms. The monoisotopic (exact) mass is 476 g/mol. The van der Waals surface area contributed by atoms with Gasteiger partial charge in [0, 0.05) is 24.4 Å². The minimum atomic E-state index is -3.87. The number of nitrogens with zero attached hydrogens (tertiary/aromatic N) is 1. The maximum Gasteiger partial charge on any atom is 0.405 e. The number of nitrogens with two attached hydrogens (primary N) is 1. The second-order valence-electron chi connectivity index (χ2n) is 9.44. The lowest BCUT2D eigenvalue weighted by Gasteiger charge is -2.48. The van der Waals surface area contributed by atoms with Gasteiger partial charge in [0.2, 0.25) is 10.0 Å². The highest BCUT2D eigenvalue weighted by Crippen LogP contribution is 2.52. The third kappa shape index (κ3) is 4.58. The van der Waals surface area contributed by atoms with Gasteiger partial charge in [0.05, 0.1) is 18.1 Å². The fourth-order valence-electron chi connectivity index (χ4n) is 4.69. The Morgan fingerprint density at radius 3 is 2.12 bits per heavy atom. The number of hydrogen-bond donors (Lipinski definition) is 2. The molecule has 1 aliphatic heterocycles. The number of aliphatic hydroxyl groups is 1. The normalized spacial score (nSPS) is 21.4. The number of hydrogen-bond acceptors (Lipinski definition) is 6. The Balaban J connectivity index is 2.10. The number of carbonyl (C=O) groups is 1. The largest absolute Gasteiger partial charge is 0.497 e. The van der Waals surface area contributed by atoms with Gasteiger partial charge in [-0.15, -0.1) is 0 Å². The summed E-state index contributed by atoms with van der Waals surface area (Å²) in [5, 5.41) is 11.1. The molecule has 2 aromatic carbocycles. The maximum atomic E-state index is 13.3. The van der Waals surface area contributed by atoms with Gasteiger partial charge in [0.25, 0.3) is 0 Å². The Kier molecular flexibility index (Phi) is 6.79. The fraction of sp³-hybridized carbons (Fsp3) is 0.458. The van der Waals surface area contributed by atoms with E-state index in [9.17, 15) is 18.3 Å². The van der Waals surface area contributed by atoms with Crippen LogP contribution in [0.5, 0.6) is 5.75 Å². The number of primary amides is 1. The van der Waals surface area contributed by atoms with Crippen LogP contribution in [-0.2, 0) is 20.4 Å². The topological polar surface area (TPSA) is 119 Å². The van der Waals surface area contributed by atoms with Crippen molar-refractivity contribution in [2.24, 2.45) is 17.1 Å². The van der Waals surface area contributed by atoms with E-state index in [1.807, 2.05) is 27.7 Å². The number of benzene rings is 2. The summed E-state index contributed by atoms with van der Waals surface area (Å²) in [6, 6.07) is 13.5. The molecule has 8 nitrogen and oxygen atoms in total. The molecule has 0 unspecified atom stereocenters. The van der Waals surface area contributed by atoms with Crippen molar-refractivity contribution in [3.63, 3.8) is 0 Å². The summed E-state index contributed by atoms with van der Waals surface area (Å²) in [6.45, 7) is 7.29. The fourth-order valence-corrected chi connectivity index (χ4v) is 6.18. The molecule has 1 amide bonds. The molecule has 3 rings (SSSR count). The van der Waals surface area contributed by atoms with Gasteiger partial charge in [-0.05, 0) is 36.8 Å². The number of amides is 1. The summed E-state index contributed by atoms with van der Waals surface area (Å²) >= 11 is 0. The van der Waals surface area contributed by atoms with E-state index in [4.69, 9.17) is 15.2 Å². The predicted octanol–water partition coefficient (Wildman–Crippen LogP) is 3.02. The lowest BCUT2D eigenvalue weighted by molar-refractivity contribution is -0.133. The van der Waals surface area contributed by atoms with Gasteiger partial charge in [-0.3, -0.25) is 0 Å². The van der Waals surface area contributed by atoms with Gasteiger partial charge in [0.1, 0.15) is 5.75 Å². The quantitative estimate of drug-likeness (QED) is 0.661. The minimum absolute atomic E-state index is 0.0477. The number of aliphatic hydroxyl groups excluding tert-OH is 1. The van der Waals surface area contributed by atoms with E-state index < -0.39 is 39.2 Å². The van der Waals surface area contributed by atoms with Gasteiger partial charge in [-0.2, -0.15) is 4.31 Å². The van der Waals surface area contributed by atoms with Crippen LogP contribution in [0.1, 0.15) is 31.9 Å². The Hall–Kier alpha value is -2.62. The summed E-state index contributed by atoms with van der Waals surface area (Å²) in [4.78, 5) is 12.3. The van der Waals surface area contributed by atoms with Crippen molar-refractivity contribution >= 4 is 16.1 Å². The van der Waals surface area contributed by atoms with Gasteiger partial charge in [-0.1, -0.05) is 50.6 Å². The summed E-state index contributed by atoms with van der Waals surface area (Å²) in [5.41, 5.74) is 4.89. The summed E-state index contributed by atoms with van der Waals surface area (Å²) < 4.78 is 38.9. The minimum Gasteiger partial charge on any atom is -0.497 e. The first kappa shape index (κ1) is 25.0. The maximum absolute atomic E-state index is 13.3. The van der Waals surface area contributed by atoms with E-state index in [0.29, 0.717) is 11.3 Å². The first-order valence-corrected chi connectivity index (χ1v) is 12.1. The van der Waals surface area contributed by atoms with Gasteiger partial charge in [-0.25, -0.2) is 13.2 Å². The van der Waals surface area contributed by atoms with E-state index in [2.05, 4.69) is 0 Å². The van der Waals surface area contributed by atoms with Crippen LogP contribution in [0.3, 0.4) is 0 Å². The average molecular weight is 477 g/mol. The second kappa shape index (κ2) is 8.96. The van der Waals surface area contributed by atoms with Crippen molar-refractivity contribution in [2.45, 2.75) is 44.3 Å². The van der Waals surface area contributed by atoms with Crippen LogP contribution in [-0.4, -0.2) is 50.2 Å². The van der Waals surface area contributed by atoms with Gasteiger partial charge in [0.15, 0.2) is 5.60 Å². The van der Waals surface area contributed by atoms with E-state index in [-0.39, 0.29) is 18.0 Å². The molecular formula is C24H32N2O6S. The Bertz CT molecular complexity index is 1090. The number of sulfonamides is 1. The van der Waals surface area contributed by atoms with Gasteiger partial charge >= 0.3 is 6.09 Å². The lowest BCUT2D eigenvalue weighted by atomic mass is 9.64. The van der Waals surface area contributed by atoms with Crippen molar-refractivity contribution in [1.82, 2.24) is 4.31 Å². The molecule has 0 saturated carbocycles. The number of carbonyl (C=O) groups excluding carboxylic acids is 1. The first-order valence-electron chi connectivity index (χ1n) is 10.7. The molecule has 0 aliphatic carbocycles. The third-order valence-corrected chi connectivity index (χ3v) is 8.18. The van der Waals surface area contributed by atoms with Crippen LogP contribution in [0, 0.1) is 18.3 Å². The van der Waals surface area contributed by atoms with Crippen LogP contribution < -0.4 is 10.5 Å². The third-order valence-electron chi connectivity index (χ3n) is 6.33. The first-order chi connectivity index (χ1) is 15.3. The van der Waals surface area contributed by atoms with Crippen molar-refractivity contribution in [3.8, 4) is 5.75 Å². The summed E-state index contributed by atoms with van der Waals surface area (Å²) in [7, 11) is -2.32. The van der Waals surface area contributed by atoms with Crippen molar-refractivity contribution in [3.05, 3.63) is 59.7 Å². The molecule has 9 heteroatoms. The number of methoxy groups -OCH3 is 1. The Labute approximate surface area is 195 Å². The van der Waals surface area contributed by atoms with Crippen LogP contribution >= 0.6 is 0 Å². The standard InChI is InChI=1S/C24H32N2O6S/c1-16-6-12-19(13-7-16)33(29,30)26-14-20(21(27)15-26)24(23(2,3)4,32-22(25)28)17-8-10-18(31-5)11-9-17/h6-13,20-21,27H,14-15H2,1-5H3,(H2,25,28)/t20-,21-,24-/m1/s1. The van der Waals surface area contributed by atoms with Crippen LogP contribution in [0.25, 0.3) is 0 Å². The van der Waals surface area contributed by atoms with E-state index in [1.54, 1.807) is 55.6 Å². The molecule has 1 heterocycles. The summed E-state index contributed by atoms with van der Waals surface area (Å²) in [5.74, 6) is -0.158. The van der Waals surface area contributed by atoms with Crippen molar-refractivity contribution in [2.75, 3.05) is 20.2 Å². The number of aryl methyl sites for hydroxylation is 1. The average Bonchev–Trinajstić information content (AvgIpc) is 3.14. The molecule has 0 spiro atoms. The van der Waals surface area contributed by atoms with Crippen molar-refractivity contribution in [1.29, 1.82) is 0 Å². The van der Waals surface area contributed by atoms with E-state index in [0.717, 1.165) is 5.56 Å². The predicted molar refractivity (Wildman–Crippen MR) is 124 cm³/mol. The number of ether oxygens (including phenoxy) is 2. The lowest BCUT2D eigenvalue weighted by Crippen LogP contribution is -2.54. The molecule has 180 valence electrons. The smallest absolute Gasteiger partial charge is 0.405 e. The van der Waals surface area contributed by atoms with Crippen LogP contribution in [0.4, 0.5) is 4.79 Å². The van der Waals surface area contributed by atoms with Crippen LogP contribution in [0.2, 0.25) is 0 Å². The van der Waals surface area contributed by atoms with E-state index >= 15 is 0 Å². The molecule has 1 fully saturated rings. The second-order valence-corrected chi connectivity index (χ2v) is 11.4. The number of rotatable bonds is 6. The molecule has 3 atom stereocenters. The highest BCUT2D eigenvalue weighted by atomic mass is 32.2. The molecule has 0 radical (unpaired) electrons. The molecule has 0 aromatic heterocycles. The molecular weight excluding hydrogens is 444 g/mol. The zero-order valence-electron chi connectivity index (χ0n) is 19.6. The zero-order chi connectivity index (χ0) is 24.6. The van der Waals surface area contributed by atoms with E-state index in [1.165, 1.54) is 4.31 Å². The van der Waals surface area contributed by atoms with Gasteiger partial charge < -0.3 is 20.3 Å². The highest BCUT2D eigenvalue weighted by molar-refractivity contribution is 7.89. The SMILES string of the molecule is COc1ccc([C@@](OC(N)=O)([C@@H]2CN(S(=O)(=O)c3ccc(C)cc3)C[C@H]2O)C(C)(C)C)cc1. The molecule has 3 N–H and O–H groups in total. The van der Waals surface area contributed by atoms with Crippen LogP contribution in [0.15, 0.2) is 53.4 Å². The number of β-amino-alcohol motifs (C(OH)–C–C–N with tert-alkyl or cyclic N) is 1. The molecule has 2 aromatic rings. The highest BCUT2D eigenvalue weighted by Gasteiger charge is 2.58. The molecule has 1 saturated heterocycles.